The molecular formula is C27H42O2. The van der Waals surface area contributed by atoms with E-state index in [1.807, 2.05) is 0 Å². The number of ether oxygens (including phenoxy) is 1. The zero-order valence-corrected chi connectivity index (χ0v) is 19.2. The Kier molecular flexibility index (Phi) is 5.90. The Morgan fingerprint density at radius 2 is 1.93 bits per heavy atom. The number of rotatable bonds is 5. The minimum atomic E-state index is -0.191. The van der Waals surface area contributed by atoms with Crippen LogP contribution in [0.15, 0.2) is 35.5 Å². The van der Waals surface area contributed by atoms with Crippen LogP contribution >= 0.6 is 0 Å². The third-order valence-electron chi connectivity index (χ3n) is 8.87. The molecule has 0 bridgehead atoms. The maximum absolute atomic E-state index is 10.0. The van der Waals surface area contributed by atoms with Crippen LogP contribution in [0.25, 0.3) is 0 Å². The van der Waals surface area contributed by atoms with Crippen LogP contribution in [0.5, 0.6) is 0 Å². The highest BCUT2D eigenvalue weighted by molar-refractivity contribution is 5.37. The summed E-state index contributed by atoms with van der Waals surface area (Å²) in [6.45, 7) is 13.9. The van der Waals surface area contributed by atoms with Crippen molar-refractivity contribution in [3.8, 4) is 0 Å². The maximum atomic E-state index is 10.0. The first-order chi connectivity index (χ1) is 13.7. The molecule has 0 aromatic heterocycles. The quantitative estimate of drug-likeness (QED) is 0.555. The van der Waals surface area contributed by atoms with E-state index in [2.05, 4.69) is 46.4 Å². The van der Waals surface area contributed by atoms with Crippen molar-refractivity contribution in [2.75, 3.05) is 0 Å². The molecule has 2 nitrogen and oxygen atoms in total. The van der Waals surface area contributed by atoms with Gasteiger partial charge >= 0.3 is 0 Å². The van der Waals surface area contributed by atoms with Gasteiger partial charge in [-0.3, -0.25) is 0 Å². The van der Waals surface area contributed by atoms with Gasteiger partial charge in [-0.25, -0.2) is 0 Å². The molecule has 0 spiro atoms. The summed E-state index contributed by atoms with van der Waals surface area (Å²) in [6.07, 6.45) is 16.3. The Morgan fingerprint density at radius 3 is 2.69 bits per heavy atom. The van der Waals surface area contributed by atoms with Crippen molar-refractivity contribution in [1.29, 1.82) is 0 Å². The molecule has 29 heavy (non-hydrogen) atoms. The molecule has 0 radical (unpaired) electrons. The monoisotopic (exact) mass is 398 g/mol. The summed E-state index contributed by atoms with van der Waals surface area (Å²) in [6, 6.07) is 0. The Balaban J connectivity index is 1.52. The van der Waals surface area contributed by atoms with Crippen molar-refractivity contribution in [3.05, 3.63) is 35.5 Å². The Hall–Kier alpha value is -0.860. The fourth-order valence-electron chi connectivity index (χ4n) is 7.26. The summed E-state index contributed by atoms with van der Waals surface area (Å²) in [5, 5.41) is 10.0. The van der Waals surface area contributed by atoms with E-state index in [4.69, 9.17) is 4.74 Å². The zero-order valence-electron chi connectivity index (χ0n) is 19.2. The smallest absolute Gasteiger partial charge is 0.0693 e. The fourth-order valence-corrected chi connectivity index (χ4v) is 7.26. The second-order valence-corrected chi connectivity index (χ2v) is 11.2. The van der Waals surface area contributed by atoms with Crippen molar-refractivity contribution in [2.24, 2.45) is 23.2 Å². The van der Waals surface area contributed by atoms with Crippen LogP contribution < -0.4 is 0 Å². The van der Waals surface area contributed by atoms with Crippen LogP contribution in [-0.4, -0.2) is 22.9 Å². The molecule has 3 saturated carbocycles. The average molecular weight is 399 g/mol. The van der Waals surface area contributed by atoms with Crippen molar-refractivity contribution in [2.45, 2.75) is 110 Å². The van der Waals surface area contributed by atoms with Gasteiger partial charge in [0.15, 0.2) is 0 Å². The SMILES string of the molecule is C=C1CC[C@H](O)C/C1=C\C=C1/CCC2O[C@](C)(CCCC(C)C)[C@@H]3CC[C@@H]1[C@@]23C. The van der Waals surface area contributed by atoms with Gasteiger partial charge < -0.3 is 9.84 Å². The minimum Gasteiger partial charge on any atom is -0.393 e. The number of allylic oxidation sites excluding steroid dienone is 4. The van der Waals surface area contributed by atoms with Crippen LogP contribution in [0.4, 0.5) is 0 Å². The molecule has 4 rings (SSSR count). The van der Waals surface area contributed by atoms with Gasteiger partial charge in [-0.05, 0) is 81.6 Å². The normalized spacial score (nSPS) is 44.8. The fraction of sp³-hybridized carbons (Fsp3) is 0.778. The lowest BCUT2D eigenvalue weighted by atomic mass is 9.60. The molecule has 1 aliphatic heterocycles. The van der Waals surface area contributed by atoms with E-state index in [0.29, 0.717) is 23.4 Å². The van der Waals surface area contributed by atoms with Gasteiger partial charge in [0, 0.05) is 5.41 Å². The van der Waals surface area contributed by atoms with Crippen LogP contribution in [0.1, 0.15) is 91.9 Å². The Labute approximate surface area is 178 Å². The minimum absolute atomic E-state index is 0.0682. The van der Waals surface area contributed by atoms with Gasteiger partial charge in [-0.2, -0.15) is 0 Å². The average Bonchev–Trinajstić information content (AvgIpc) is 3.13. The standard InChI is InChI=1S/C27H42O2/c1-18(2)7-6-16-26(4)24-14-13-23-20(11-15-25(29-26)27(23,24)5)9-10-21-17-22(28)12-8-19(21)3/h9-10,18,22-25,28H,3,6-8,11-17H2,1-2,4-5H3/b20-9+,21-10+/t22-,23-,24-,25?,26+,27+/m0/s1. The molecule has 3 aliphatic carbocycles. The Bertz CT molecular complexity index is 701. The van der Waals surface area contributed by atoms with E-state index >= 15 is 0 Å². The summed E-state index contributed by atoms with van der Waals surface area (Å²) < 4.78 is 6.86. The maximum Gasteiger partial charge on any atom is 0.0693 e. The topological polar surface area (TPSA) is 29.5 Å². The first-order valence-electron chi connectivity index (χ1n) is 12.2. The number of aliphatic hydroxyl groups excluding tert-OH is 1. The molecule has 6 atom stereocenters. The summed E-state index contributed by atoms with van der Waals surface area (Å²) in [4.78, 5) is 0. The third-order valence-corrected chi connectivity index (χ3v) is 8.87. The highest BCUT2D eigenvalue weighted by Gasteiger charge is 2.65. The largest absolute Gasteiger partial charge is 0.393 e. The number of hydrogen-bond donors (Lipinski definition) is 1. The second kappa shape index (κ2) is 8.00. The lowest BCUT2D eigenvalue weighted by molar-refractivity contribution is -0.0710. The summed E-state index contributed by atoms with van der Waals surface area (Å²) in [5.74, 6) is 2.14. The molecule has 0 aromatic carbocycles. The van der Waals surface area contributed by atoms with E-state index in [-0.39, 0.29) is 11.7 Å². The van der Waals surface area contributed by atoms with Crippen LogP contribution in [0.3, 0.4) is 0 Å². The lowest BCUT2D eigenvalue weighted by Crippen LogP contribution is -2.41. The van der Waals surface area contributed by atoms with Crippen molar-refractivity contribution in [1.82, 2.24) is 0 Å². The van der Waals surface area contributed by atoms with E-state index in [1.165, 1.54) is 56.1 Å². The third kappa shape index (κ3) is 3.81. The molecule has 0 aromatic rings. The van der Waals surface area contributed by atoms with Gasteiger partial charge in [-0.15, -0.1) is 0 Å². The first kappa shape index (κ1) is 21.4. The highest BCUT2D eigenvalue weighted by atomic mass is 16.5. The predicted octanol–water partition coefficient (Wildman–Crippen LogP) is 6.75. The van der Waals surface area contributed by atoms with E-state index in [9.17, 15) is 5.11 Å². The molecule has 4 fully saturated rings. The molecule has 4 aliphatic rings. The first-order valence-corrected chi connectivity index (χ1v) is 12.2. The van der Waals surface area contributed by atoms with Crippen LogP contribution in [-0.2, 0) is 4.74 Å². The van der Waals surface area contributed by atoms with E-state index in [0.717, 1.165) is 25.2 Å². The van der Waals surface area contributed by atoms with Crippen molar-refractivity contribution >= 4 is 0 Å². The molecule has 162 valence electrons. The molecule has 1 heterocycles. The zero-order chi connectivity index (χ0) is 20.8. The molecule has 1 N–H and O–H groups in total. The predicted molar refractivity (Wildman–Crippen MR) is 121 cm³/mol. The summed E-state index contributed by atoms with van der Waals surface area (Å²) in [7, 11) is 0. The summed E-state index contributed by atoms with van der Waals surface area (Å²) >= 11 is 0. The number of hydrogen-bond acceptors (Lipinski definition) is 2. The van der Waals surface area contributed by atoms with E-state index in [1.54, 1.807) is 5.57 Å². The van der Waals surface area contributed by atoms with Gasteiger partial charge in [0.05, 0.1) is 17.8 Å². The number of aliphatic hydroxyl groups is 1. The van der Waals surface area contributed by atoms with Gasteiger partial charge in [0.2, 0.25) is 0 Å². The molecule has 0 amide bonds. The highest BCUT2D eigenvalue weighted by Crippen LogP contribution is 2.67. The van der Waals surface area contributed by atoms with E-state index < -0.39 is 0 Å². The molecule has 1 saturated heterocycles. The van der Waals surface area contributed by atoms with Crippen molar-refractivity contribution < 1.29 is 9.84 Å². The molecule has 2 heteroatoms. The van der Waals surface area contributed by atoms with Crippen LogP contribution in [0, 0.1) is 23.2 Å². The van der Waals surface area contributed by atoms with Gasteiger partial charge in [-0.1, -0.05) is 63.5 Å². The Morgan fingerprint density at radius 1 is 1.14 bits per heavy atom. The molecule has 1 unspecified atom stereocenters. The summed E-state index contributed by atoms with van der Waals surface area (Å²) in [5.41, 5.74) is 4.48. The van der Waals surface area contributed by atoms with Crippen molar-refractivity contribution in [3.63, 3.8) is 0 Å². The van der Waals surface area contributed by atoms with Crippen LogP contribution in [0.2, 0.25) is 0 Å². The second-order valence-electron chi connectivity index (χ2n) is 11.2. The van der Waals surface area contributed by atoms with Gasteiger partial charge in [0.1, 0.15) is 0 Å². The van der Waals surface area contributed by atoms with Gasteiger partial charge in [0.25, 0.3) is 0 Å². The molecular weight excluding hydrogens is 356 g/mol. The lowest BCUT2D eigenvalue weighted by Gasteiger charge is -2.42.